The highest BCUT2D eigenvalue weighted by Crippen LogP contribution is 2.37. The Hall–Kier alpha value is -0.0400. The highest BCUT2D eigenvalue weighted by molar-refractivity contribution is 4.88. The van der Waals surface area contributed by atoms with Crippen molar-refractivity contribution >= 4 is 0 Å². The van der Waals surface area contributed by atoms with Crippen LogP contribution in [0.2, 0.25) is 0 Å². The third kappa shape index (κ3) is 4.45. The second kappa shape index (κ2) is 6.64. The van der Waals surface area contributed by atoms with E-state index in [1.165, 1.54) is 51.5 Å². The molecule has 0 radical (unpaired) electrons. The lowest BCUT2D eigenvalue weighted by Gasteiger charge is -2.41. The molecule has 2 unspecified atom stereocenters. The van der Waals surface area contributed by atoms with Crippen LogP contribution >= 0.6 is 0 Å². The summed E-state index contributed by atoms with van der Waals surface area (Å²) in [4.78, 5) is 0. The molecule has 0 bridgehead atoms. The summed E-state index contributed by atoms with van der Waals surface area (Å²) in [7, 11) is 0. The Morgan fingerprint density at radius 2 is 1.75 bits per heavy atom. The molecule has 1 nitrogen and oxygen atoms in total. The van der Waals surface area contributed by atoms with Gasteiger partial charge in [-0.1, -0.05) is 53.4 Å². The van der Waals surface area contributed by atoms with E-state index < -0.39 is 0 Å². The zero-order valence-electron chi connectivity index (χ0n) is 11.8. The van der Waals surface area contributed by atoms with Crippen molar-refractivity contribution < 1.29 is 0 Å². The van der Waals surface area contributed by atoms with Gasteiger partial charge in [0.2, 0.25) is 0 Å². The van der Waals surface area contributed by atoms with Crippen molar-refractivity contribution in [3.05, 3.63) is 0 Å². The van der Waals surface area contributed by atoms with Gasteiger partial charge in [0.05, 0.1) is 0 Å². The molecule has 1 rings (SSSR count). The summed E-state index contributed by atoms with van der Waals surface area (Å²) in [5, 5.41) is 3.81. The summed E-state index contributed by atoms with van der Waals surface area (Å²) in [6, 6.07) is 0.783. The molecule has 1 aliphatic carbocycles. The number of unbranched alkanes of at least 4 members (excludes halogenated alkanes) is 2. The van der Waals surface area contributed by atoms with Crippen molar-refractivity contribution in [2.24, 2.45) is 11.3 Å². The quantitative estimate of drug-likeness (QED) is 0.685. The fraction of sp³-hybridized carbons (Fsp3) is 1.00. The molecule has 0 aromatic heterocycles. The molecule has 1 saturated carbocycles. The third-order valence-corrected chi connectivity index (χ3v) is 4.07. The molecule has 2 atom stereocenters. The van der Waals surface area contributed by atoms with Crippen LogP contribution in [0.5, 0.6) is 0 Å². The van der Waals surface area contributed by atoms with Crippen LogP contribution < -0.4 is 5.32 Å². The largest absolute Gasteiger partial charge is 0.314 e. The van der Waals surface area contributed by atoms with E-state index in [0.717, 1.165) is 12.0 Å². The van der Waals surface area contributed by atoms with E-state index in [9.17, 15) is 0 Å². The first-order chi connectivity index (χ1) is 7.55. The summed E-state index contributed by atoms with van der Waals surface area (Å²) >= 11 is 0. The molecule has 0 amide bonds. The summed E-state index contributed by atoms with van der Waals surface area (Å²) < 4.78 is 0. The zero-order chi connectivity index (χ0) is 12.0. The lowest BCUT2D eigenvalue weighted by molar-refractivity contribution is 0.131. The van der Waals surface area contributed by atoms with E-state index in [1.54, 1.807) is 0 Å². The fourth-order valence-corrected chi connectivity index (χ4v) is 3.07. The highest BCUT2D eigenvalue weighted by atomic mass is 14.9. The Labute approximate surface area is 102 Å². The van der Waals surface area contributed by atoms with E-state index in [1.807, 2.05) is 0 Å². The maximum atomic E-state index is 3.81. The van der Waals surface area contributed by atoms with Gasteiger partial charge in [-0.25, -0.2) is 0 Å². The minimum absolute atomic E-state index is 0.475. The van der Waals surface area contributed by atoms with E-state index in [2.05, 4.69) is 33.0 Å². The zero-order valence-corrected chi connectivity index (χ0v) is 11.8. The first-order valence-electron chi connectivity index (χ1n) is 7.29. The molecule has 1 heteroatoms. The molecule has 0 aromatic rings. The standard InChI is InChI=1S/C15H31N/c1-5-6-9-12-16-14-11-8-7-10-13(14)15(2,3)4/h13-14,16H,5-12H2,1-4H3. The van der Waals surface area contributed by atoms with Crippen LogP contribution in [0.3, 0.4) is 0 Å². The van der Waals surface area contributed by atoms with Crippen molar-refractivity contribution in [1.29, 1.82) is 0 Å². The molecule has 16 heavy (non-hydrogen) atoms. The van der Waals surface area contributed by atoms with E-state index in [-0.39, 0.29) is 0 Å². The Kier molecular flexibility index (Phi) is 5.82. The predicted octanol–water partition coefficient (Wildman–Crippen LogP) is 4.37. The lowest BCUT2D eigenvalue weighted by Crippen LogP contribution is -2.44. The Morgan fingerprint density at radius 1 is 1.06 bits per heavy atom. The van der Waals surface area contributed by atoms with Crippen LogP contribution in [0.25, 0.3) is 0 Å². The van der Waals surface area contributed by atoms with E-state index in [0.29, 0.717) is 5.41 Å². The molecule has 1 fully saturated rings. The molecular formula is C15H31N. The topological polar surface area (TPSA) is 12.0 Å². The van der Waals surface area contributed by atoms with Crippen molar-refractivity contribution in [2.45, 2.75) is 78.7 Å². The predicted molar refractivity (Wildman–Crippen MR) is 72.7 cm³/mol. The maximum Gasteiger partial charge on any atom is 0.0100 e. The Balaban J connectivity index is 2.35. The summed E-state index contributed by atoms with van der Waals surface area (Å²) in [5.74, 6) is 0.878. The van der Waals surface area contributed by atoms with Gasteiger partial charge >= 0.3 is 0 Å². The summed E-state index contributed by atoms with van der Waals surface area (Å²) in [6.45, 7) is 10.7. The van der Waals surface area contributed by atoms with Crippen LogP contribution in [0.1, 0.15) is 72.6 Å². The van der Waals surface area contributed by atoms with Gasteiger partial charge in [-0.15, -0.1) is 0 Å². The smallest absolute Gasteiger partial charge is 0.0100 e. The summed E-state index contributed by atoms with van der Waals surface area (Å²) in [5.41, 5.74) is 0.475. The van der Waals surface area contributed by atoms with Crippen LogP contribution in [-0.2, 0) is 0 Å². The van der Waals surface area contributed by atoms with Crippen LogP contribution in [0.15, 0.2) is 0 Å². The number of nitrogens with one attached hydrogen (secondary N) is 1. The molecule has 1 aliphatic rings. The highest BCUT2D eigenvalue weighted by Gasteiger charge is 2.33. The van der Waals surface area contributed by atoms with Gasteiger partial charge in [0.1, 0.15) is 0 Å². The van der Waals surface area contributed by atoms with Crippen molar-refractivity contribution in [3.63, 3.8) is 0 Å². The van der Waals surface area contributed by atoms with Gasteiger partial charge in [-0.05, 0) is 37.1 Å². The SMILES string of the molecule is CCCCCNC1CCCCC1C(C)(C)C. The van der Waals surface area contributed by atoms with Crippen LogP contribution in [0.4, 0.5) is 0 Å². The van der Waals surface area contributed by atoms with Crippen LogP contribution in [0, 0.1) is 11.3 Å². The third-order valence-electron chi connectivity index (χ3n) is 4.07. The van der Waals surface area contributed by atoms with Gasteiger partial charge in [0, 0.05) is 6.04 Å². The molecule has 1 N–H and O–H groups in total. The van der Waals surface area contributed by atoms with Gasteiger partial charge in [0.15, 0.2) is 0 Å². The number of rotatable bonds is 5. The Morgan fingerprint density at radius 3 is 2.38 bits per heavy atom. The normalized spacial score (nSPS) is 27.0. The average Bonchev–Trinajstić information content (AvgIpc) is 2.24. The molecule has 0 spiro atoms. The monoisotopic (exact) mass is 225 g/mol. The maximum absolute atomic E-state index is 3.81. The first-order valence-corrected chi connectivity index (χ1v) is 7.29. The van der Waals surface area contributed by atoms with Crippen molar-refractivity contribution in [1.82, 2.24) is 5.32 Å². The van der Waals surface area contributed by atoms with Gasteiger partial charge < -0.3 is 5.32 Å². The second-order valence-electron chi connectivity index (χ2n) is 6.52. The van der Waals surface area contributed by atoms with Crippen molar-refractivity contribution in [2.75, 3.05) is 6.54 Å². The van der Waals surface area contributed by atoms with Gasteiger partial charge in [-0.2, -0.15) is 0 Å². The molecule has 0 aromatic carbocycles. The molecular weight excluding hydrogens is 194 g/mol. The fourth-order valence-electron chi connectivity index (χ4n) is 3.07. The number of hydrogen-bond acceptors (Lipinski definition) is 1. The minimum Gasteiger partial charge on any atom is -0.314 e. The first kappa shape index (κ1) is 14.0. The number of hydrogen-bond donors (Lipinski definition) is 1. The molecule has 0 heterocycles. The molecule has 96 valence electrons. The van der Waals surface area contributed by atoms with Crippen LogP contribution in [-0.4, -0.2) is 12.6 Å². The molecule has 0 saturated heterocycles. The molecule has 0 aliphatic heterocycles. The summed E-state index contributed by atoms with van der Waals surface area (Å²) in [6.07, 6.45) is 9.74. The Bertz CT molecular complexity index is 180. The van der Waals surface area contributed by atoms with E-state index >= 15 is 0 Å². The second-order valence-corrected chi connectivity index (χ2v) is 6.52. The average molecular weight is 225 g/mol. The van der Waals surface area contributed by atoms with E-state index in [4.69, 9.17) is 0 Å². The van der Waals surface area contributed by atoms with Crippen molar-refractivity contribution in [3.8, 4) is 0 Å². The van der Waals surface area contributed by atoms with Gasteiger partial charge in [0.25, 0.3) is 0 Å². The van der Waals surface area contributed by atoms with Gasteiger partial charge in [-0.3, -0.25) is 0 Å². The minimum atomic E-state index is 0.475. The lowest BCUT2D eigenvalue weighted by atomic mass is 9.69.